The van der Waals surface area contributed by atoms with Gasteiger partial charge in [-0.3, -0.25) is 0 Å². The maximum absolute atomic E-state index is 12.3. The molecule has 23 heavy (non-hydrogen) atoms. The van der Waals surface area contributed by atoms with E-state index in [4.69, 9.17) is 0 Å². The van der Waals surface area contributed by atoms with Gasteiger partial charge in [0.05, 0.1) is 11.9 Å². The Hall–Kier alpha value is -1.73. The molecule has 3 rings (SSSR count). The topological polar surface area (TPSA) is 66.4 Å². The summed E-state index contributed by atoms with van der Waals surface area (Å²) in [6.45, 7) is 4.32. The Balaban J connectivity index is 1.74. The van der Waals surface area contributed by atoms with Crippen LogP contribution in [0.4, 0.5) is 5.82 Å². The van der Waals surface area contributed by atoms with Crippen LogP contribution in [0, 0.1) is 0 Å². The lowest BCUT2D eigenvalue weighted by Gasteiger charge is -2.34. The lowest BCUT2D eigenvalue weighted by atomic mass is 10.2. The molecule has 0 spiro atoms. The van der Waals surface area contributed by atoms with Crippen molar-refractivity contribution >= 4 is 26.6 Å². The second-order valence-corrected chi connectivity index (χ2v) is 7.90. The Morgan fingerprint density at radius 1 is 1.13 bits per heavy atom. The number of unbranched alkanes of at least 4 members (excludes halogenated alkanes) is 1. The molecule has 6 nitrogen and oxygen atoms in total. The summed E-state index contributed by atoms with van der Waals surface area (Å²) in [6, 6.07) is 8.01. The normalized spacial score (nSPS) is 16.8. The monoisotopic (exact) mass is 334 g/mol. The molecule has 1 saturated heterocycles. The average molecular weight is 334 g/mol. The first-order valence-corrected chi connectivity index (χ1v) is 9.66. The van der Waals surface area contributed by atoms with E-state index in [1.165, 1.54) is 0 Å². The number of fused-ring (bicyclic) bond motifs is 1. The van der Waals surface area contributed by atoms with Crippen LogP contribution < -0.4 is 4.90 Å². The van der Waals surface area contributed by atoms with Gasteiger partial charge in [-0.1, -0.05) is 37.6 Å². The molecule has 0 N–H and O–H groups in total. The molecule has 0 bridgehead atoms. The van der Waals surface area contributed by atoms with E-state index >= 15 is 0 Å². The van der Waals surface area contributed by atoms with Crippen LogP contribution in [0.5, 0.6) is 0 Å². The van der Waals surface area contributed by atoms with Crippen LogP contribution in [0.25, 0.3) is 10.8 Å². The highest BCUT2D eigenvalue weighted by Gasteiger charge is 2.27. The number of piperazine rings is 1. The number of sulfonamides is 1. The Kier molecular flexibility index (Phi) is 4.77. The Morgan fingerprint density at radius 2 is 1.87 bits per heavy atom. The van der Waals surface area contributed by atoms with E-state index in [1.54, 1.807) is 10.5 Å². The number of hydrogen-bond acceptors (Lipinski definition) is 5. The largest absolute Gasteiger partial charge is 0.352 e. The van der Waals surface area contributed by atoms with E-state index in [9.17, 15) is 8.42 Å². The Morgan fingerprint density at radius 3 is 2.61 bits per heavy atom. The van der Waals surface area contributed by atoms with Crippen LogP contribution in [-0.2, 0) is 10.0 Å². The first-order valence-electron chi connectivity index (χ1n) is 8.05. The van der Waals surface area contributed by atoms with Crippen LogP contribution in [0.15, 0.2) is 30.5 Å². The first kappa shape index (κ1) is 16.1. The molecule has 124 valence electrons. The first-order chi connectivity index (χ1) is 11.1. The average Bonchev–Trinajstić information content (AvgIpc) is 2.60. The van der Waals surface area contributed by atoms with Crippen molar-refractivity contribution in [1.29, 1.82) is 0 Å². The molecule has 1 fully saturated rings. The van der Waals surface area contributed by atoms with Crippen molar-refractivity contribution in [2.75, 3.05) is 36.8 Å². The summed E-state index contributed by atoms with van der Waals surface area (Å²) in [5.41, 5.74) is 0. The van der Waals surface area contributed by atoms with Crippen LogP contribution >= 0.6 is 0 Å². The maximum atomic E-state index is 12.3. The van der Waals surface area contributed by atoms with Crippen LogP contribution in [-0.4, -0.2) is 54.9 Å². The van der Waals surface area contributed by atoms with E-state index in [2.05, 4.69) is 15.1 Å². The predicted octanol–water partition coefficient (Wildman–Crippen LogP) is 1.88. The fourth-order valence-corrected chi connectivity index (χ4v) is 4.51. The second kappa shape index (κ2) is 6.80. The van der Waals surface area contributed by atoms with Gasteiger partial charge in [0.2, 0.25) is 10.0 Å². The Bertz CT molecular complexity index is 765. The highest BCUT2D eigenvalue weighted by Crippen LogP contribution is 2.24. The van der Waals surface area contributed by atoms with E-state index in [0.717, 1.165) is 29.4 Å². The molecule has 0 saturated carbocycles. The maximum Gasteiger partial charge on any atom is 0.214 e. The molecule has 1 aliphatic rings. The highest BCUT2D eigenvalue weighted by molar-refractivity contribution is 7.89. The number of aromatic nitrogens is 2. The van der Waals surface area contributed by atoms with Gasteiger partial charge in [-0.15, -0.1) is 5.10 Å². The molecular weight excluding hydrogens is 312 g/mol. The van der Waals surface area contributed by atoms with Crippen molar-refractivity contribution in [3.8, 4) is 0 Å². The van der Waals surface area contributed by atoms with Crippen molar-refractivity contribution in [2.45, 2.75) is 19.8 Å². The molecule has 1 aliphatic heterocycles. The molecule has 2 heterocycles. The minimum atomic E-state index is -3.12. The zero-order valence-corrected chi connectivity index (χ0v) is 14.2. The number of benzene rings is 1. The van der Waals surface area contributed by atoms with E-state index < -0.39 is 10.0 Å². The zero-order chi connectivity index (χ0) is 16.3. The minimum absolute atomic E-state index is 0.248. The quantitative estimate of drug-likeness (QED) is 0.835. The molecule has 1 aromatic carbocycles. The number of rotatable bonds is 5. The third-order valence-corrected chi connectivity index (χ3v) is 6.19. The van der Waals surface area contributed by atoms with Gasteiger partial charge in [-0.25, -0.2) is 8.42 Å². The van der Waals surface area contributed by atoms with Crippen molar-refractivity contribution in [3.63, 3.8) is 0 Å². The summed E-state index contributed by atoms with van der Waals surface area (Å²) in [7, 11) is -3.12. The van der Waals surface area contributed by atoms with Gasteiger partial charge in [0, 0.05) is 37.0 Å². The minimum Gasteiger partial charge on any atom is -0.352 e. The Labute approximate surface area is 137 Å². The lowest BCUT2D eigenvalue weighted by molar-refractivity contribution is 0.383. The zero-order valence-electron chi connectivity index (χ0n) is 13.4. The van der Waals surface area contributed by atoms with Gasteiger partial charge < -0.3 is 4.90 Å². The SMILES string of the molecule is CCCCS(=O)(=O)N1CCN(c2nncc3ccccc23)CC1. The third kappa shape index (κ3) is 3.45. The summed E-state index contributed by atoms with van der Waals surface area (Å²) in [5, 5.41) is 10.5. The second-order valence-electron chi connectivity index (χ2n) is 5.81. The third-order valence-electron chi connectivity index (χ3n) is 4.24. The molecule has 0 unspecified atom stereocenters. The van der Waals surface area contributed by atoms with E-state index in [1.807, 2.05) is 31.2 Å². The van der Waals surface area contributed by atoms with Crippen molar-refractivity contribution < 1.29 is 8.42 Å². The van der Waals surface area contributed by atoms with E-state index in [-0.39, 0.29) is 5.75 Å². The van der Waals surface area contributed by atoms with Gasteiger partial charge in [-0.2, -0.15) is 9.40 Å². The van der Waals surface area contributed by atoms with E-state index in [0.29, 0.717) is 26.2 Å². The van der Waals surface area contributed by atoms with Crippen molar-refractivity contribution in [3.05, 3.63) is 30.5 Å². The van der Waals surface area contributed by atoms with Crippen LogP contribution in [0.1, 0.15) is 19.8 Å². The fraction of sp³-hybridized carbons (Fsp3) is 0.500. The lowest BCUT2D eigenvalue weighted by Crippen LogP contribution is -2.49. The highest BCUT2D eigenvalue weighted by atomic mass is 32.2. The fourth-order valence-electron chi connectivity index (χ4n) is 2.88. The van der Waals surface area contributed by atoms with Gasteiger partial charge in [0.1, 0.15) is 0 Å². The number of anilines is 1. The summed E-state index contributed by atoms with van der Waals surface area (Å²) in [6.07, 6.45) is 3.37. The summed E-state index contributed by atoms with van der Waals surface area (Å²) >= 11 is 0. The summed E-state index contributed by atoms with van der Waals surface area (Å²) in [4.78, 5) is 2.13. The summed E-state index contributed by atoms with van der Waals surface area (Å²) < 4.78 is 26.2. The number of nitrogens with zero attached hydrogens (tertiary/aromatic N) is 4. The van der Waals surface area contributed by atoms with Crippen molar-refractivity contribution in [2.24, 2.45) is 0 Å². The predicted molar refractivity (Wildman–Crippen MR) is 92.0 cm³/mol. The molecule has 0 radical (unpaired) electrons. The molecule has 2 aromatic rings. The molecule has 7 heteroatoms. The van der Waals surface area contributed by atoms with Gasteiger partial charge in [-0.05, 0) is 6.42 Å². The molecule has 1 aromatic heterocycles. The smallest absolute Gasteiger partial charge is 0.214 e. The van der Waals surface area contributed by atoms with Crippen molar-refractivity contribution in [1.82, 2.24) is 14.5 Å². The van der Waals surface area contributed by atoms with Gasteiger partial charge in [0.25, 0.3) is 0 Å². The van der Waals surface area contributed by atoms with Crippen LogP contribution in [0.2, 0.25) is 0 Å². The van der Waals surface area contributed by atoms with Gasteiger partial charge >= 0.3 is 0 Å². The number of hydrogen-bond donors (Lipinski definition) is 0. The van der Waals surface area contributed by atoms with Gasteiger partial charge in [0.15, 0.2) is 5.82 Å². The molecule has 0 aliphatic carbocycles. The standard InChI is InChI=1S/C16H22N4O2S/c1-2-3-12-23(21,22)20-10-8-19(9-11-20)16-15-7-5-4-6-14(15)13-17-18-16/h4-7,13H,2-3,8-12H2,1H3. The molecule has 0 amide bonds. The molecular formula is C16H22N4O2S. The van der Waals surface area contributed by atoms with Crippen LogP contribution in [0.3, 0.4) is 0 Å². The summed E-state index contributed by atoms with van der Waals surface area (Å²) in [5.74, 6) is 1.09. The molecule has 0 atom stereocenters.